The number of furan rings is 1. The number of hydrogen-bond donors (Lipinski definition) is 2. The Labute approximate surface area is 138 Å². The highest BCUT2D eigenvalue weighted by Crippen LogP contribution is 2.29. The number of anilines is 1. The van der Waals surface area contributed by atoms with Gasteiger partial charge in [0.05, 0.1) is 11.8 Å². The second kappa shape index (κ2) is 5.70. The molecule has 0 saturated carbocycles. The van der Waals surface area contributed by atoms with E-state index in [0.29, 0.717) is 5.82 Å². The van der Waals surface area contributed by atoms with Crippen LogP contribution < -0.4 is 5.32 Å². The summed E-state index contributed by atoms with van der Waals surface area (Å²) in [5.41, 5.74) is 4.36. The van der Waals surface area contributed by atoms with Crippen LogP contribution in [-0.2, 0) is 0 Å². The molecule has 5 nitrogen and oxygen atoms in total. The van der Waals surface area contributed by atoms with E-state index in [0.717, 1.165) is 16.5 Å². The maximum atomic E-state index is 12.1. The maximum Gasteiger partial charge on any atom is 0.292 e. The van der Waals surface area contributed by atoms with E-state index in [1.165, 1.54) is 17.4 Å². The van der Waals surface area contributed by atoms with E-state index in [-0.39, 0.29) is 11.7 Å². The molecule has 0 bridgehead atoms. The molecule has 4 rings (SSSR count). The number of rotatable bonds is 3. The standard InChI is InChI=1S/C19H15N3O2/c1-12-5-2-3-6-14(12)13-8-9-15-16(11-13)21-22-18(15)20-19(23)17-7-4-10-24-17/h2-11H,1H3,(H2,20,21,22,23). The molecular weight excluding hydrogens is 302 g/mol. The lowest BCUT2D eigenvalue weighted by molar-refractivity contribution is 0.0996. The summed E-state index contributed by atoms with van der Waals surface area (Å²) in [6, 6.07) is 17.5. The Morgan fingerprint density at radius 1 is 1.12 bits per heavy atom. The van der Waals surface area contributed by atoms with Crippen LogP contribution in [0.5, 0.6) is 0 Å². The first-order valence-corrected chi connectivity index (χ1v) is 7.61. The van der Waals surface area contributed by atoms with Crippen LogP contribution in [0.2, 0.25) is 0 Å². The molecule has 0 atom stereocenters. The third-order valence-electron chi connectivity index (χ3n) is 4.00. The Bertz CT molecular complexity index is 1020. The van der Waals surface area contributed by atoms with E-state index in [9.17, 15) is 4.79 Å². The normalized spacial score (nSPS) is 10.9. The van der Waals surface area contributed by atoms with Gasteiger partial charge in [-0.1, -0.05) is 30.3 Å². The van der Waals surface area contributed by atoms with Gasteiger partial charge in [-0.05, 0) is 47.9 Å². The van der Waals surface area contributed by atoms with Crippen LogP contribution in [0.3, 0.4) is 0 Å². The van der Waals surface area contributed by atoms with E-state index < -0.39 is 0 Å². The summed E-state index contributed by atoms with van der Waals surface area (Å²) in [6.07, 6.45) is 1.46. The Morgan fingerprint density at radius 2 is 2.00 bits per heavy atom. The number of hydrogen-bond acceptors (Lipinski definition) is 3. The molecule has 2 N–H and O–H groups in total. The number of carbonyl (C=O) groups excluding carboxylic acids is 1. The molecule has 0 aliphatic heterocycles. The Kier molecular flexibility index (Phi) is 3.39. The summed E-state index contributed by atoms with van der Waals surface area (Å²) in [5, 5.41) is 10.8. The number of aromatic amines is 1. The molecule has 2 aromatic heterocycles. The minimum Gasteiger partial charge on any atom is -0.459 e. The monoisotopic (exact) mass is 317 g/mol. The first-order valence-electron chi connectivity index (χ1n) is 7.61. The highest BCUT2D eigenvalue weighted by molar-refractivity contribution is 6.06. The number of H-pyrrole nitrogens is 1. The second-order valence-electron chi connectivity index (χ2n) is 5.58. The number of fused-ring (bicyclic) bond motifs is 1. The topological polar surface area (TPSA) is 70.9 Å². The third kappa shape index (κ3) is 2.46. The van der Waals surface area contributed by atoms with Crippen molar-refractivity contribution < 1.29 is 9.21 Å². The number of carbonyl (C=O) groups is 1. The van der Waals surface area contributed by atoms with Crippen LogP contribution in [-0.4, -0.2) is 16.1 Å². The zero-order valence-corrected chi connectivity index (χ0v) is 13.0. The van der Waals surface area contributed by atoms with Gasteiger partial charge in [-0.15, -0.1) is 0 Å². The average Bonchev–Trinajstić information content (AvgIpc) is 3.25. The number of nitrogens with zero attached hydrogens (tertiary/aromatic N) is 1. The van der Waals surface area contributed by atoms with Gasteiger partial charge in [0.15, 0.2) is 11.6 Å². The quantitative estimate of drug-likeness (QED) is 0.589. The number of amides is 1. The molecular formula is C19H15N3O2. The zero-order chi connectivity index (χ0) is 16.5. The van der Waals surface area contributed by atoms with Crippen molar-refractivity contribution in [1.82, 2.24) is 10.2 Å². The van der Waals surface area contributed by atoms with Gasteiger partial charge in [0.1, 0.15) is 0 Å². The summed E-state index contributed by atoms with van der Waals surface area (Å²) in [5.74, 6) is 0.418. The Hall–Kier alpha value is -3.34. The minimum atomic E-state index is -0.323. The Balaban J connectivity index is 1.69. The van der Waals surface area contributed by atoms with Crippen molar-refractivity contribution in [3.8, 4) is 11.1 Å². The molecule has 5 heteroatoms. The number of benzene rings is 2. The molecule has 0 fully saturated rings. The van der Waals surface area contributed by atoms with Crippen molar-refractivity contribution in [2.75, 3.05) is 5.32 Å². The first kappa shape index (κ1) is 14.3. The van der Waals surface area contributed by atoms with Crippen molar-refractivity contribution in [2.24, 2.45) is 0 Å². The Morgan fingerprint density at radius 3 is 2.79 bits per heavy atom. The van der Waals surface area contributed by atoms with E-state index in [2.05, 4.69) is 34.6 Å². The van der Waals surface area contributed by atoms with E-state index in [4.69, 9.17) is 4.42 Å². The van der Waals surface area contributed by atoms with E-state index >= 15 is 0 Å². The molecule has 0 aliphatic carbocycles. The largest absolute Gasteiger partial charge is 0.459 e. The van der Waals surface area contributed by atoms with Crippen LogP contribution in [0.4, 0.5) is 5.82 Å². The van der Waals surface area contributed by atoms with E-state index in [1.54, 1.807) is 12.1 Å². The highest BCUT2D eigenvalue weighted by atomic mass is 16.3. The van der Waals surface area contributed by atoms with Gasteiger partial charge >= 0.3 is 0 Å². The van der Waals surface area contributed by atoms with Crippen molar-refractivity contribution in [3.05, 3.63) is 72.2 Å². The molecule has 2 aromatic carbocycles. The van der Waals surface area contributed by atoms with Crippen molar-refractivity contribution in [3.63, 3.8) is 0 Å². The van der Waals surface area contributed by atoms with Gasteiger partial charge in [-0.3, -0.25) is 9.89 Å². The van der Waals surface area contributed by atoms with Gasteiger partial charge in [0.25, 0.3) is 5.91 Å². The SMILES string of the molecule is Cc1ccccc1-c1ccc2c(NC(=O)c3ccco3)n[nH]c2c1. The summed E-state index contributed by atoms with van der Waals surface area (Å²) in [7, 11) is 0. The lowest BCUT2D eigenvalue weighted by Gasteiger charge is -2.06. The molecule has 24 heavy (non-hydrogen) atoms. The molecule has 0 saturated heterocycles. The van der Waals surface area contributed by atoms with Gasteiger partial charge in [0, 0.05) is 5.39 Å². The fourth-order valence-electron chi connectivity index (χ4n) is 2.76. The molecule has 4 aromatic rings. The van der Waals surface area contributed by atoms with Gasteiger partial charge in [0.2, 0.25) is 0 Å². The molecule has 0 radical (unpaired) electrons. The fourth-order valence-corrected chi connectivity index (χ4v) is 2.76. The van der Waals surface area contributed by atoms with Crippen molar-refractivity contribution in [2.45, 2.75) is 6.92 Å². The third-order valence-corrected chi connectivity index (χ3v) is 4.00. The van der Waals surface area contributed by atoms with Crippen molar-refractivity contribution >= 4 is 22.6 Å². The molecule has 118 valence electrons. The second-order valence-corrected chi connectivity index (χ2v) is 5.58. The molecule has 0 spiro atoms. The summed E-state index contributed by atoms with van der Waals surface area (Å²) < 4.78 is 5.10. The summed E-state index contributed by atoms with van der Waals surface area (Å²) in [6.45, 7) is 2.08. The fraction of sp³-hybridized carbons (Fsp3) is 0.0526. The van der Waals surface area contributed by atoms with Crippen LogP contribution >= 0.6 is 0 Å². The number of aromatic nitrogens is 2. The number of nitrogens with one attached hydrogen (secondary N) is 2. The van der Waals surface area contributed by atoms with Crippen molar-refractivity contribution in [1.29, 1.82) is 0 Å². The van der Waals surface area contributed by atoms with Gasteiger partial charge < -0.3 is 9.73 Å². The van der Waals surface area contributed by atoms with Crippen LogP contribution in [0.15, 0.2) is 65.3 Å². The average molecular weight is 317 g/mol. The maximum absolute atomic E-state index is 12.1. The van der Waals surface area contributed by atoms with Gasteiger partial charge in [-0.25, -0.2) is 0 Å². The summed E-state index contributed by atoms with van der Waals surface area (Å²) >= 11 is 0. The predicted molar refractivity (Wildman–Crippen MR) is 92.9 cm³/mol. The van der Waals surface area contributed by atoms with Crippen LogP contribution in [0.1, 0.15) is 16.1 Å². The molecule has 1 amide bonds. The lowest BCUT2D eigenvalue weighted by Crippen LogP contribution is -2.11. The number of aryl methyl sites for hydroxylation is 1. The molecule has 0 aliphatic rings. The van der Waals surface area contributed by atoms with E-state index in [1.807, 2.05) is 30.3 Å². The zero-order valence-electron chi connectivity index (χ0n) is 13.0. The molecule has 2 heterocycles. The summed E-state index contributed by atoms with van der Waals surface area (Å²) in [4.78, 5) is 12.1. The minimum absolute atomic E-state index is 0.252. The molecule has 0 unspecified atom stereocenters. The lowest BCUT2D eigenvalue weighted by atomic mass is 10.00. The first-order chi connectivity index (χ1) is 11.7. The predicted octanol–water partition coefficient (Wildman–Crippen LogP) is 4.38. The van der Waals surface area contributed by atoms with Crippen LogP contribution in [0.25, 0.3) is 22.0 Å². The highest BCUT2D eigenvalue weighted by Gasteiger charge is 2.13. The van der Waals surface area contributed by atoms with Crippen LogP contribution in [0, 0.1) is 6.92 Å². The smallest absolute Gasteiger partial charge is 0.292 e. The van der Waals surface area contributed by atoms with Gasteiger partial charge in [-0.2, -0.15) is 5.10 Å².